The monoisotopic (exact) mass is 298 g/mol. The van der Waals surface area contributed by atoms with Gasteiger partial charge >= 0.3 is 0 Å². The van der Waals surface area contributed by atoms with Crippen molar-refractivity contribution in [2.45, 2.75) is 46.0 Å². The number of hydrogen-bond acceptors (Lipinski definition) is 3. The number of benzene rings is 2. The summed E-state index contributed by atoms with van der Waals surface area (Å²) < 4.78 is 0. The lowest BCUT2D eigenvalue weighted by Gasteiger charge is -2.41. The first-order valence-electron chi connectivity index (χ1n) is 7.87. The van der Waals surface area contributed by atoms with E-state index < -0.39 is 0 Å². The molecule has 2 aromatic carbocycles. The van der Waals surface area contributed by atoms with Crippen LogP contribution in [0, 0.1) is 5.41 Å². The molecule has 2 atom stereocenters. The van der Waals surface area contributed by atoms with Crippen molar-refractivity contribution in [1.29, 1.82) is 0 Å². The Labute approximate surface area is 130 Å². The van der Waals surface area contributed by atoms with E-state index in [2.05, 4.69) is 6.92 Å². The van der Waals surface area contributed by atoms with Gasteiger partial charge in [-0.3, -0.25) is 4.79 Å². The summed E-state index contributed by atoms with van der Waals surface area (Å²) in [5.74, 6) is 0.670. The van der Waals surface area contributed by atoms with E-state index in [1.54, 1.807) is 25.1 Å². The van der Waals surface area contributed by atoms with Gasteiger partial charge in [0.05, 0.1) is 0 Å². The summed E-state index contributed by atoms with van der Waals surface area (Å²) in [6.45, 7) is 5.82. The highest BCUT2D eigenvalue weighted by Crippen LogP contribution is 2.50. The van der Waals surface area contributed by atoms with Crippen molar-refractivity contribution in [2.24, 2.45) is 5.41 Å². The molecule has 0 aliphatic heterocycles. The SMILES string of the molecule is CCC1c2cc(O)c3cc(O)ccc3c2CCC1(C)C(C)=O. The highest BCUT2D eigenvalue weighted by Gasteiger charge is 2.42. The van der Waals surface area contributed by atoms with Crippen molar-refractivity contribution in [2.75, 3.05) is 0 Å². The molecule has 22 heavy (non-hydrogen) atoms. The summed E-state index contributed by atoms with van der Waals surface area (Å²) >= 11 is 0. The van der Waals surface area contributed by atoms with Gasteiger partial charge in [-0.2, -0.15) is 0 Å². The van der Waals surface area contributed by atoms with Crippen LogP contribution in [0.15, 0.2) is 24.3 Å². The predicted molar refractivity (Wildman–Crippen MR) is 87.4 cm³/mol. The first-order valence-corrected chi connectivity index (χ1v) is 7.87. The fraction of sp³-hybridized carbons (Fsp3) is 0.421. The molecule has 3 heteroatoms. The molecule has 3 nitrogen and oxygen atoms in total. The van der Waals surface area contributed by atoms with E-state index >= 15 is 0 Å². The van der Waals surface area contributed by atoms with Gasteiger partial charge in [0.2, 0.25) is 0 Å². The molecule has 2 N–H and O–H groups in total. The van der Waals surface area contributed by atoms with Gasteiger partial charge in [0.15, 0.2) is 0 Å². The average Bonchev–Trinajstić information content (AvgIpc) is 2.47. The van der Waals surface area contributed by atoms with Crippen LogP contribution in [0.2, 0.25) is 0 Å². The quantitative estimate of drug-likeness (QED) is 0.869. The molecule has 0 spiro atoms. The van der Waals surface area contributed by atoms with Crippen LogP contribution in [0.1, 0.15) is 50.7 Å². The molecule has 0 saturated carbocycles. The van der Waals surface area contributed by atoms with Crippen LogP contribution in [-0.2, 0) is 11.2 Å². The van der Waals surface area contributed by atoms with E-state index in [4.69, 9.17) is 0 Å². The molecule has 2 unspecified atom stereocenters. The van der Waals surface area contributed by atoms with Crippen molar-refractivity contribution < 1.29 is 15.0 Å². The zero-order valence-electron chi connectivity index (χ0n) is 13.3. The van der Waals surface area contributed by atoms with Crippen molar-refractivity contribution in [3.05, 3.63) is 35.4 Å². The van der Waals surface area contributed by atoms with Gasteiger partial charge in [0, 0.05) is 10.8 Å². The molecular formula is C19H22O3. The fourth-order valence-electron chi connectivity index (χ4n) is 4.06. The molecule has 116 valence electrons. The summed E-state index contributed by atoms with van der Waals surface area (Å²) in [6, 6.07) is 6.92. The van der Waals surface area contributed by atoms with Gasteiger partial charge in [0.1, 0.15) is 17.3 Å². The Hall–Kier alpha value is -2.03. The lowest BCUT2D eigenvalue weighted by molar-refractivity contribution is -0.127. The largest absolute Gasteiger partial charge is 0.508 e. The molecule has 2 aromatic rings. The molecule has 0 fully saturated rings. The van der Waals surface area contributed by atoms with Gasteiger partial charge in [-0.1, -0.05) is 19.9 Å². The number of ketones is 1. The molecule has 0 aromatic heterocycles. The molecule has 1 aliphatic rings. The molecular weight excluding hydrogens is 276 g/mol. The maximum atomic E-state index is 12.2. The number of carbonyl (C=O) groups excluding carboxylic acids is 1. The summed E-state index contributed by atoms with van der Waals surface area (Å²) in [5, 5.41) is 21.7. The van der Waals surface area contributed by atoms with E-state index in [1.165, 1.54) is 5.56 Å². The zero-order valence-corrected chi connectivity index (χ0v) is 13.3. The van der Waals surface area contributed by atoms with E-state index in [9.17, 15) is 15.0 Å². The molecule has 0 saturated heterocycles. The molecule has 0 bridgehead atoms. The normalized spacial score (nSPS) is 24.2. The number of phenolic OH excluding ortho intramolecular Hbond substituents is 2. The second-order valence-corrected chi connectivity index (χ2v) is 6.63. The van der Waals surface area contributed by atoms with Crippen LogP contribution in [0.3, 0.4) is 0 Å². The smallest absolute Gasteiger partial charge is 0.136 e. The average molecular weight is 298 g/mol. The Morgan fingerprint density at radius 1 is 1.27 bits per heavy atom. The van der Waals surface area contributed by atoms with E-state index in [1.807, 2.05) is 13.0 Å². The van der Waals surface area contributed by atoms with Crippen molar-refractivity contribution in [3.8, 4) is 11.5 Å². The van der Waals surface area contributed by atoms with Gasteiger partial charge in [-0.25, -0.2) is 0 Å². The summed E-state index contributed by atoms with van der Waals surface area (Å²) in [6.07, 6.45) is 2.52. The third kappa shape index (κ3) is 1.99. The third-order valence-corrected chi connectivity index (χ3v) is 5.50. The lowest BCUT2D eigenvalue weighted by Crippen LogP contribution is -2.37. The number of carbonyl (C=O) groups is 1. The van der Waals surface area contributed by atoms with Gasteiger partial charge in [-0.05, 0) is 66.8 Å². The number of aryl methyl sites for hydroxylation is 1. The van der Waals surface area contributed by atoms with Crippen molar-refractivity contribution in [3.63, 3.8) is 0 Å². The number of Topliss-reactive ketones (excluding diaryl/α,β-unsaturated/α-hetero) is 1. The van der Waals surface area contributed by atoms with Crippen molar-refractivity contribution >= 4 is 16.6 Å². The maximum absolute atomic E-state index is 12.2. The minimum atomic E-state index is -0.362. The third-order valence-electron chi connectivity index (χ3n) is 5.50. The molecule has 0 heterocycles. The van der Waals surface area contributed by atoms with E-state index in [0.717, 1.165) is 30.2 Å². The standard InChI is InChI=1S/C19H22O3/c1-4-17-15-10-18(22)16-9-12(21)5-6-13(16)14(15)7-8-19(17,3)11(2)20/h5-6,9-10,17,21-22H,4,7-8H2,1-3H3. The van der Waals surface area contributed by atoms with E-state index in [0.29, 0.717) is 5.39 Å². The van der Waals surface area contributed by atoms with Crippen LogP contribution in [0.4, 0.5) is 0 Å². The Kier molecular flexibility index (Phi) is 3.39. The van der Waals surface area contributed by atoms with E-state index in [-0.39, 0.29) is 28.6 Å². The Balaban J connectivity index is 2.29. The number of hydrogen-bond donors (Lipinski definition) is 2. The Morgan fingerprint density at radius 2 is 2.00 bits per heavy atom. The molecule has 1 aliphatic carbocycles. The minimum absolute atomic E-state index is 0.123. The zero-order chi connectivity index (χ0) is 16.1. The summed E-state index contributed by atoms with van der Waals surface area (Å²) in [5.41, 5.74) is 1.93. The highest BCUT2D eigenvalue weighted by atomic mass is 16.3. The van der Waals surface area contributed by atoms with Crippen LogP contribution in [-0.4, -0.2) is 16.0 Å². The maximum Gasteiger partial charge on any atom is 0.136 e. The second-order valence-electron chi connectivity index (χ2n) is 6.63. The van der Waals surface area contributed by atoms with Crippen LogP contribution in [0.25, 0.3) is 10.8 Å². The fourth-order valence-corrected chi connectivity index (χ4v) is 4.06. The Morgan fingerprint density at radius 3 is 2.64 bits per heavy atom. The first-order chi connectivity index (χ1) is 10.4. The Bertz CT molecular complexity index is 763. The summed E-state index contributed by atoms with van der Waals surface area (Å²) in [4.78, 5) is 12.2. The van der Waals surface area contributed by atoms with Gasteiger partial charge < -0.3 is 10.2 Å². The molecule has 0 amide bonds. The predicted octanol–water partition coefficient (Wildman–Crippen LogP) is 4.29. The second kappa shape index (κ2) is 5.01. The van der Waals surface area contributed by atoms with Crippen molar-refractivity contribution in [1.82, 2.24) is 0 Å². The minimum Gasteiger partial charge on any atom is -0.508 e. The van der Waals surface area contributed by atoms with Crippen LogP contribution >= 0.6 is 0 Å². The van der Waals surface area contributed by atoms with Gasteiger partial charge in [-0.15, -0.1) is 0 Å². The lowest BCUT2D eigenvalue weighted by atomic mass is 9.61. The molecule has 3 rings (SSSR count). The number of fused-ring (bicyclic) bond motifs is 3. The topological polar surface area (TPSA) is 57.5 Å². The highest BCUT2D eigenvalue weighted by molar-refractivity contribution is 5.94. The van der Waals surface area contributed by atoms with Crippen LogP contribution in [0.5, 0.6) is 11.5 Å². The number of phenols is 2. The summed E-state index contributed by atoms with van der Waals surface area (Å²) in [7, 11) is 0. The van der Waals surface area contributed by atoms with Gasteiger partial charge in [0.25, 0.3) is 0 Å². The number of rotatable bonds is 2. The first kappa shape index (κ1) is 14.9. The van der Waals surface area contributed by atoms with Crippen LogP contribution < -0.4 is 0 Å². The molecule has 0 radical (unpaired) electrons. The number of aromatic hydroxyl groups is 2.